The van der Waals surface area contributed by atoms with E-state index in [1.165, 1.54) is 0 Å². The first-order valence-electron chi connectivity index (χ1n) is 8.36. The third-order valence-electron chi connectivity index (χ3n) is 4.86. The van der Waals surface area contributed by atoms with Crippen LogP contribution in [0.1, 0.15) is 26.2 Å². The molecule has 0 unspecified atom stereocenters. The number of carbonyl (C=O) groups is 1. The van der Waals surface area contributed by atoms with Crippen LogP contribution in [0.3, 0.4) is 0 Å². The lowest BCUT2D eigenvalue weighted by Crippen LogP contribution is -2.34. The number of nitrogens with one attached hydrogen (secondary N) is 1. The zero-order valence-corrected chi connectivity index (χ0v) is 14.3. The Kier molecular flexibility index (Phi) is 3.85. The molecule has 3 atom stereocenters. The van der Waals surface area contributed by atoms with Crippen LogP contribution in [-0.4, -0.2) is 29.0 Å². The number of hydrogen-bond acceptors (Lipinski definition) is 6. The predicted molar refractivity (Wildman–Crippen MR) is 93.9 cm³/mol. The third kappa shape index (κ3) is 2.82. The van der Waals surface area contributed by atoms with Crippen molar-refractivity contribution in [2.24, 2.45) is 17.8 Å². The number of amides is 1. The lowest BCUT2D eigenvalue weighted by molar-refractivity contribution is -0.117. The number of anilines is 2. The van der Waals surface area contributed by atoms with E-state index in [1.54, 1.807) is 17.5 Å². The fraction of sp³-hybridized carbons (Fsp3) is 0.529. The van der Waals surface area contributed by atoms with Crippen molar-refractivity contribution in [1.82, 2.24) is 9.97 Å². The summed E-state index contributed by atoms with van der Waals surface area (Å²) in [7, 11) is 0. The normalized spacial score (nSPS) is 26.2. The highest BCUT2D eigenvalue weighted by atomic mass is 32.1. The summed E-state index contributed by atoms with van der Waals surface area (Å²) in [5.41, 5.74) is 0.850. The van der Waals surface area contributed by atoms with E-state index in [4.69, 9.17) is 10.2 Å². The Morgan fingerprint density at radius 2 is 2.38 bits per heavy atom. The molecule has 2 aromatic heterocycles. The molecule has 4 rings (SSSR count). The summed E-state index contributed by atoms with van der Waals surface area (Å²) in [5, 5.41) is 13.0. The summed E-state index contributed by atoms with van der Waals surface area (Å²) in [6.07, 6.45) is 4.61. The van der Waals surface area contributed by atoms with E-state index >= 15 is 0 Å². The predicted octanol–water partition coefficient (Wildman–Crippen LogP) is 3.03. The average Bonchev–Trinajstić information content (AvgIpc) is 3.17. The van der Waals surface area contributed by atoms with Crippen LogP contribution < -0.4 is 10.2 Å². The van der Waals surface area contributed by atoms with Gasteiger partial charge in [-0.1, -0.05) is 18.3 Å². The van der Waals surface area contributed by atoms with Crippen LogP contribution in [0.5, 0.6) is 0 Å². The zero-order valence-electron chi connectivity index (χ0n) is 13.5. The fourth-order valence-electron chi connectivity index (χ4n) is 3.22. The van der Waals surface area contributed by atoms with Crippen LogP contribution >= 0.6 is 11.3 Å². The minimum absolute atomic E-state index is 0.0555. The number of hydrogen-bond donors (Lipinski definition) is 1. The monoisotopic (exact) mass is 341 g/mol. The Bertz CT molecular complexity index is 826. The van der Waals surface area contributed by atoms with Gasteiger partial charge in [0.2, 0.25) is 5.91 Å². The molecule has 2 aliphatic rings. The average molecular weight is 341 g/mol. The van der Waals surface area contributed by atoms with Crippen LogP contribution in [0, 0.1) is 29.1 Å². The highest BCUT2D eigenvalue weighted by Gasteiger charge is 2.39. The number of carbonyl (C=O) groups excluding carboxylic acids is 1. The van der Waals surface area contributed by atoms with Gasteiger partial charge in [0.1, 0.15) is 0 Å². The highest BCUT2D eigenvalue weighted by Crippen LogP contribution is 2.39. The number of fused-ring (bicyclic) bond motifs is 1. The molecule has 3 heterocycles. The molecule has 1 saturated heterocycles. The van der Waals surface area contributed by atoms with Gasteiger partial charge < -0.3 is 10.2 Å². The quantitative estimate of drug-likeness (QED) is 0.928. The maximum absolute atomic E-state index is 12.2. The molecule has 1 aliphatic carbocycles. The van der Waals surface area contributed by atoms with Gasteiger partial charge in [-0.25, -0.2) is 9.97 Å². The van der Waals surface area contributed by atoms with Crippen molar-refractivity contribution < 1.29 is 4.79 Å². The largest absolute Gasteiger partial charge is 0.347 e. The van der Waals surface area contributed by atoms with Crippen molar-refractivity contribution in [2.75, 3.05) is 23.3 Å². The van der Waals surface area contributed by atoms with E-state index < -0.39 is 0 Å². The molecular weight excluding hydrogens is 322 g/mol. The molecule has 0 spiro atoms. The van der Waals surface area contributed by atoms with E-state index in [2.05, 4.69) is 28.2 Å². The zero-order chi connectivity index (χ0) is 16.7. The van der Waals surface area contributed by atoms with Crippen molar-refractivity contribution in [3.8, 4) is 6.07 Å². The van der Waals surface area contributed by atoms with Crippen LogP contribution in [0.25, 0.3) is 10.2 Å². The van der Waals surface area contributed by atoms with Crippen molar-refractivity contribution in [3.63, 3.8) is 0 Å². The first-order valence-corrected chi connectivity index (χ1v) is 9.18. The molecule has 6 nitrogen and oxygen atoms in total. The van der Waals surface area contributed by atoms with Crippen LogP contribution in [0.2, 0.25) is 0 Å². The van der Waals surface area contributed by atoms with Gasteiger partial charge >= 0.3 is 0 Å². The summed E-state index contributed by atoms with van der Waals surface area (Å²) in [6, 6.07) is 4.24. The number of pyridine rings is 1. The van der Waals surface area contributed by atoms with E-state index in [0.29, 0.717) is 11.7 Å². The maximum Gasteiger partial charge on any atom is 0.228 e. The van der Waals surface area contributed by atoms with E-state index in [-0.39, 0.29) is 17.7 Å². The molecule has 2 aromatic rings. The van der Waals surface area contributed by atoms with Gasteiger partial charge in [-0.05, 0) is 31.2 Å². The van der Waals surface area contributed by atoms with E-state index in [9.17, 15) is 4.79 Å². The molecule has 124 valence electrons. The fourth-order valence-corrected chi connectivity index (χ4v) is 4.26. The molecule has 1 saturated carbocycles. The Labute approximate surface area is 144 Å². The minimum atomic E-state index is 0.0555. The molecular formula is C17H19N5OS. The van der Waals surface area contributed by atoms with Gasteiger partial charge in [-0.3, -0.25) is 4.79 Å². The molecule has 24 heavy (non-hydrogen) atoms. The Balaban J connectivity index is 1.60. The summed E-state index contributed by atoms with van der Waals surface area (Å²) >= 11 is 1.55. The third-order valence-corrected chi connectivity index (χ3v) is 5.99. The van der Waals surface area contributed by atoms with Crippen LogP contribution in [-0.2, 0) is 4.79 Å². The smallest absolute Gasteiger partial charge is 0.228 e. The second-order valence-electron chi connectivity index (χ2n) is 6.73. The minimum Gasteiger partial charge on any atom is -0.347 e. The lowest BCUT2D eigenvalue weighted by Gasteiger charge is -2.28. The molecule has 7 heteroatoms. The first kappa shape index (κ1) is 15.3. The SMILES string of the molecule is C[C@H]1C[C@@H]1C(=O)Nc1nccc2nc(N3CCC[C@@H](C#N)C3)sc12. The Morgan fingerprint density at radius 3 is 3.12 bits per heavy atom. The Morgan fingerprint density at radius 1 is 1.54 bits per heavy atom. The number of nitrogens with zero attached hydrogens (tertiary/aromatic N) is 4. The second-order valence-corrected chi connectivity index (χ2v) is 7.70. The summed E-state index contributed by atoms with van der Waals surface area (Å²) in [6.45, 7) is 3.74. The molecule has 1 amide bonds. The Hall–Kier alpha value is -2.20. The second kappa shape index (κ2) is 6.02. The van der Waals surface area contributed by atoms with Gasteiger partial charge in [-0.2, -0.15) is 5.26 Å². The summed E-state index contributed by atoms with van der Waals surface area (Å²) in [5.74, 6) is 1.32. The summed E-state index contributed by atoms with van der Waals surface area (Å²) < 4.78 is 0.910. The molecule has 0 radical (unpaired) electrons. The van der Waals surface area contributed by atoms with E-state index in [1.807, 2.05) is 6.07 Å². The number of piperidine rings is 1. The lowest BCUT2D eigenvalue weighted by atomic mass is 10.0. The highest BCUT2D eigenvalue weighted by molar-refractivity contribution is 7.22. The number of aromatic nitrogens is 2. The van der Waals surface area contributed by atoms with Gasteiger partial charge in [0.25, 0.3) is 0 Å². The standard InChI is InChI=1S/C17H19N5OS/c1-10-7-12(10)16(23)21-15-14-13(4-5-19-15)20-17(24-14)22-6-2-3-11(8-18)9-22/h4-5,10-12H,2-3,6-7,9H2,1H3,(H,19,21,23)/t10-,11-,12-/m0/s1. The van der Waals surface area contributed by atoms with Crippen LogP contribution in [0.15, 0.2) is 12.3 Å². The molecule has 2 fully saturated rings. The maximum atomic E-state index is 12.2. The number of thiazole rings is 1. The van der Waals surface area contributed by atoms with Crippen molar-refractivity contribution in [1.29, 1.82) is 5.26 Å². The van der Waals surface area contributed by atoms with Gasteiger partial charge in [-0.15, -0.1) is 0 Å². The van der Waals surface area contributed by atoms with Gasteiger partial charge in [0, 0.05) is 25.2 Å². The molecule has 1 aliphatic heterocycles. The van der Waals surface area contributed by atoms with Crippen molar-refractivity contribution in [3.05, 3.63) is 12.3 Å². The first-order chi connectivity index (χ1) is 11.7. The summed E-state index contributed by atoms with van der Waals surface area (Å²) in [4.78, 5) is 23.4. The van der Waals surface area contributed by atoms with Crippen LogP contribution in [0.4, 0.5) is 10.9 Å². The molecule has 0 bridgehead atoms. The topological polar surface area (TPSA) is 81.9 Å². The van der Waals surface area contributed by atoms with E-state index in [0.717, 1.165) is 47.7 Å². The molecule has 1 N–H and O–H groups in total. The van der Waals surface area contributed by atoms with Crippen molar-refractivity contribution >= 4 is 38.4 Å². The van der Waals surface area contributed by atoms with Gasteiger partial charge in [0.15, 0.2) is 10.9 Å². The van der Waals surface area contributed by atoms with Gasteiger partial charge in [0.05, 0.1) is 22.2 Å². The number of rotatable bonds is 3. The van der Waals surface area contributed by atoms with Crippen molar-refractivity contribution in [2.45, 2.75) is 26.2 Å². The molecule has 0 aromatic carbocycles. The number of nitriles is 1.